The van der Waals surface area contributed by atoms with Crippen molar-refractivity contribution in [1.29, 1.82) is 0 Å². The zero-order valence-electron chi connectivity index (χ0n) is 11.7. The third-order valence-corrected chi connectivity index (χ3v) is 3.90. The summed E-state index contributed by atoms with van der Waals surface area (Å²) >= 11 is 0. The normalized spacial score (nSPS) is 21.9. The van der Waals surface area contributed by atoms with Crippen LogP contribution in [0, 0.1) is 5.92 Å². The van der Waals surface area contributed by atoms with Crippen molar-refractivity contribution in [3.8, 4) is 0 Å². The highest BCUT2D eigenvalue weighted by atomic mass is 19.4. The summed E-state index contributed by atoms with van der Waals surface area (Å²) in [6.45, 7) is 2.61. The van der Waals surface area contributed by atoms with Gasteiger partial charge >= 0.3 is 6.18 Å². The molecule has 2 heterocycles. The number of piperidine rings is 1. The van der Waals surface area contributed by atoms with E-state index in [2.05, 4.69) is 10.3 Å². The van der Waals surface area contributed by atoms with Crippen molar-refractivity contribution in [3.63, 3.8) is 0 Å². The Morgan fingerprint density at radius 1 is 1.45 bits per heavy atom. The minimum atomic E-state index is -4.12. The number of anilines is 1. The molecule has 6 heteroatoms. The van der Waals surface area contributed by atoms with Gasteiger partial charge in [0.15, 0.2) is 0 Å². The topological polar surface area (TPSA) is 28.2 Å². The van der Waals surface area contributed by atoms with Gasteiger partial charge in [0, 0.05) is 30.9 Å². The molecule has 1 saturated heterocycles. The summed E-state index contributed by atoms with van der Waals surface area (Å²) in [6, 6.07) is 3.79. The summed E-state index contributed by atoms with van der Waals surface area (Å²) in [4.78, 5) is 6.08. The molecule has 1 aliphatic rings. The van der Waals surface area contributed by atoms with Crippen molar-refractivity contribution in [2.75, 3.05) is 25.0 Å². The van der Waals surface area contributed by atoms with Crippen LogP contribution in [0.15, 0.2) is 18.3 Å². The predicted octanol–water partition coefficient (Wildman–Crippen LogP) is 3.14. The standard InChI is InChI=1S/C14H20F3N3/c1-10(18-2)12-6-3-7-19-13(12)20-8-4-5-11(9-20)14(15,16)17/h3,6-7,10-11,18H,4-5,8-9H2,1-2H3. The predicted molar refractivity (Wildman–Crippen MR) is 72.7 cm³/mol. The smallest absolute Gasteiger partial charge is 0.356 e. The monoisotopic (exact) mass is 287 g/mol. The summed E-state index contributed by atoms with van der Waals surface area (Å²) in [5.74, 6) is -0.584. The number of nitrogens with one attached hydrogen (secondary N) is 1. The molecule has 0 bridgehead atoms. The highest BCUT2D eigenvalue weighted by Gasteiger charge is 2.42. The maximum absolute atomic E-state index is 12.9. The van der Waals surface area contributed by atoms with Gasteiger partial charge in [-0.25, -0.2) is 4.98 Å². The van der Waals surface area contributed by atoms with Gasteiger partial charge in [-0.05, 0) is 32.9 Å². The molecule has 112 valence electrons. The van der Waals surface area contributed by atoms with Crippen LogP contribution in [0.1, 0.15) is 31.4 Å². The van der Waals surface area contributed by atoms with E-state index in [-0.39, 0.29) is 19.0 Å². The number of rotatable bonds is 3. The first-order valence-corrected chi connectivity index (χ1v) is 6.87. The molecule has 3 nitrogen and oxygen atoms in total. The van der Waals surface area contributed by atoms with Crippen molar-refractivity contribution in [3.05, 3.63) is 23.9 Å². The lowest BCUT2D eigenvalue weighted by atomic mass is 9.96. The number of pyridine rings is 1. The van der Waals surface area contributed by atoms with Gasteiger partial charge in [0.2, 0.25) is 0 Å². The number of hydrogen-bond acceptors (Lipinski definition) is 3. The molecule has 0 aromatic carbocycles. The molecule has 1 aliphatic heterocycles. The fourth-order valence-electron chi connectivity index (χ4n) is 2.60. The van der Waals surface area contributed by atoms with E-state index in [1.807, 2.05) is 26.1 Å². The molecule has 1 fully saturated rings. The first-order chi connectivity index (χ1) is 9.43. The van der Waals surface area contributed by atoms with E-state index in [0.717, 1.165) is 5.56 Å². The van der Waals surface area contributed by atoms with Crippen molar-refractivity contribution in [2.24, 2.45) is 5.92 Å². The minimum Gasteiger partial charge on any atom is -0.356 e. The molecule has 1 N–H and O–H groups in total. The Labute approximate surface area is 117 Å². The van der Waals surface area contributed by atoms with Crippen LogP contribution in [0.4, 0.5) is 19.0 Å². The summed E-state index contributed by atoms with van der Waals surface area (Å²) in [5.41, 5.74) is 0.942. The highest BCUT2D eigenvalue weighted by molar-refractivity contribution is 5.48. The molecule has 0 aliphatic carbocycles. The second kappa shape index (κ2) is 5.99. The van der Waals surface area contributed by atoms with Crippen LogP contribution >= 0.6 is 0 Å². The largest absolute Gasteiger partial charge is 0.393 e. The van der Waals surface area contributed by atoms with Gasteiger partial charge in [-0.3, -0.25) is 0 Å². The molecule has 0 spiro atoms. The van der Waals surface area contributed by atoms with E-state index in [1.165, 1.54) is 0 Å². The molecule has 0 saturated carbocycles. The van der Waals surface area contributed by atoms with E-state index >= 15 is 0 Å². The molecule has 1 aromatic rings. The summed E-state index contributed by atoms with van der Waals surface area (Å²) in [7, 11) is 1.83. The maximum Gasteiger partial charge on any atom is 0.393 e. The number of alkyl halides is 3. The Bertz CT molecular complexity index is 448. The molecule has 20 heavy (non-hydrogen) atoms. The summed E-state index contributed by atoms with van der Waals surface area (Å²) in [5, 5.41) is 3.11. The molecule has 2 rings (SSSR count). The van der Waals surface area contributed by atoms with Crippen LogP contribution in [0.3, 0.4) is 0 Å². The lowest BCUT2D eigenvalue weighted by molar-refractivity contribution is -0.176. The van der Waals surface area contributed by atoms with Crippen LogP contribution < -0.4 is 10.2 Å². The average molecular weight is 287 g/mol. The molecule has 2 atom stereocenters. The van der Waals surface area contributed by atoms with Gasteiger partial charge < -0.3 is 10.2 Å². The van der Waals surface area contributed by atoms with Crippen LogP contribution in [0.25, 0.3) is 0 Å². The molecular weight excluding hydrogens is 267 g/mol. The van der Waals surface area contributed by atoms with E-state index < -0.39 is 12.1 Å². The number of aromatic nitrogens is 1. The zero-order valence-corrected chi connectivity index (χ0v) is 11.7. The molecular formula is C14H20F3N3. The van der Waals surface area contributed by atoms with E-state index in [9.17, 15) is 13.2 Å². The molecule has 2 unspecified atom stereocenters. The Hall–Kier alpha value is -1.30. The van der Waals surface area contributed by atoms with E-state index in [4.69, 9.17) is 0 Å². The van der Waals surface area contributed by atoms with Crippen LogP contribution in [-0.2, 0) is 0 Å². The zero-order chi connectivity index (χ0) is 14.8. The van der Waals surface area contributed by atoms with Crippen molar-refractivity contribution in [1.82, 2.24) is 10.3 Å². The van der Waals surface area contributed by atoms with Crippen molar-refractivity contribution in [2.45, 2.75) is 32.0 Å². The molecule has 1 aromatic heterocycles. The minimum absolute atomic E-state index is 0.00392. The van der Waals surface area contributed by atoms with Crippen LogP contribution in [-0.4, -0.2) is 31.3 Å². The Morgan fingerprint density at radius 3 is 2.85 bits per heavy atom. The number of hydrogen-bond donors (Lipinski definition) is 1. The first kappa shape index (κ1) is 15.1. The average Bonchev–Trinajstić information content (AvgIpc) is 2.45. The second-order valence-corrected chi connectivity index (χ2v) is 5.25. The number of halogens is 3. The quantitative estimate of drug-likeness (QED) is 0.925. The SMILES string of the molecule is CNC(C)c1cccnc1N1CCCC(C(F)(F)F)C1. The van der Waals surface area contributed by atoms with Gasteiger partial charge in [-0.2, -0.15) is 13.2 Å². The Morgan fingerprint density at radius 2 is 2.20 bits per heavy atom. The third kappa shape index (κ3) is 3.23. The second-order valence-electron chi connectivity index (χ2n) is 5.25. The summed E-state index contributed by atoms with van der Waals surface area (Å²) < 4.78 is 38.7. The van der Waals surface area contributed by atoms with Crippen LogP contribution in [0.2, 0.25) is 0 Å². The summed E-state index contributed by atoms with van der Waals surface area (Å²) in [6.07, 6.45) is -1.72. The van der Waals surface area contributed by atoms with Gasteiger partial charge in [-0.1, -0.05) is 6.07 Å². The van der Waals surface area contributed by atoms with Gasteiger partial charge in [0.25, 0.3) is 0 Å². The Kier molecular flexibility index (Phi) is 4.52. The first-order valence-electron chi connectivity index (χ1n) is 6.87. The maximum atomic E-state index is 12.9. The Balaban J connectivity index is 2.23. The highest BCUT2D eigenvalue weighted by Crippen LogP contribution is 2.35. The molecule has 0 radical (unpaired) electrons. The van der Waals surface area contributed by atoms with Gasteiger partial charge in [0.05, 0.1) is 5.92 Å². The van der Waals surface area contributed by atoms with Crippen LogP contribution in [0.5, 0.6) is 0 Å². The van der Waals surface area contributed by atoms with Crippen molar-refractivity contribution >= 4 is 5.82 Å². The fourth-order valence-corrected chi connectivity index (χ4v) is 2.60. The lowest BCUT2D eigenvalue weighted by Crippen LogP contribution is -2.42. The van der Waals surface area contributed by atoms with E-state index in [1.54, 1.807) is 11.1 Å². The van der Waals surface area contributed by atoms with E-state index in [0.29, 0.717) is 18.8 Å². The molecule has 0 amide bonds. The third-order valence-electron chi connectivity index (χ3n) is 3.90. The fraction of sp³-hybridized carbons (Fsp3) is 0.643. The lowest BCUT2D eigenvalue weighted by Gasteiger charge is -2.36. The number of nitrogens with zero attached hydrogens (tertiary/aromatic N) is 2. The van der Waals surface area contributed by atoms with Crippen molar-refractivity contribution < 1.29 is 13.2 Å². The van der Waals surface area contributed by atoms with Gasteiger partial charge in [-0.15, -0.1) is 0 Å². The van der Waals surface area contributed by atoms with Gasteiger partial charge in [0.1, 0.15) is 5.82 Å².